The molecule has 8 fully saturated rings. The summed E-state index contributed by atoms with van der Waals surface area (Å²) in [6.45, 7) is 11.0. The fourth-order valence-electron chi connectivity index (χ4n) is 30.6. The number of esters is 1. The molecule has 20 rings (SSSR count). The van der Waals surface area contributed by atoms with E-state index in [1.165, 1.54) is 104 Å². The molecule has 0 saturated heterocycles. The van der Waals surface area contributed by atoms with Crippen LogP contribution in [0.2, 0.25) is 0 Å². The van der Waals surface area contributed by atoms with Gasteiger partial charge in [0.25, 0.3) is 0 Å². The molecule has 9 unspecified atom stereocenters. The zero-order chi connectivity index (χ0) is 94.9. The van der Waals surface area contributed by atoms with E-state index < -0.39 is 22.8 Å². The van der Waals surface area contributed by atoms with Gasteiger partial charge in [0.1, 0.15) is 12.2 Å². The summed E-state index contributed by atoms with van der Waals surface area (Å²) >= 11 is 0. The number of fused-ring (bicyclic) bond motifs is 16. The number of anilines is 3. The highest BCUT2D eigenvalue weighted by molar-refractivity contribution is 5.96. The first kappa shape index (κ1) is 96.5. The number of carbonyl (C=O) groups excluding carboxylic acids is 6. The van der Waals surface area contributed by atoms with Crippen molar-refractivity contribution >= 4 is 58.2 Å². The summed E-state index contributed by atoms with van der Waals surface area (Å²) in [5.74, 6) is 11.3. The van der Waals surface area contributed by atoms with Gasteiger partial charge < -0.3 is 54.2 Å². The number of benzene rings is 4. The van der Waals surface area contributed by atoms with Crippen LogP contribution in [0, 0.1) is 81.3 Å². The number of Topliss-reactive ketones (excluding diaryl/α,β-unsaturated/α-hetero) is 1. The highest BCUT2D eigenvalue weighted by atomic mass is 16.6. The molecule has 0 spiro atoms. The zero-order valence-corrected chi connectivity index (χ0v) is 82.1. The smallest absolute Gasteiger partial charge is 0.303 e. The Kier molecular flexibility index (Phi) is 27.8. The topological polar surface area (TPSA) is 242 Å². The Morgan fingerprint density at radius 1 is 0.470 bits per heavy atom. The predicted molar refractivity (Wildman–Crippen MR) is 527 cm³/mol. The van der Waals surface area contributed by atoms with Crippen molar-refractivity contribution < 1.29 is 68.2 Å². The Labute approximate surface area is 795 Å². The van der Waals surface area contributed by atoms with E-state index in [0.29, 0.717) is 93.0 Å². The van der Waals surface area contributed by atoms with E-state index >= 15 is 0 Å². The largest absolute Gasteiger partial charge is 0.451 e. The van der Waals surface area contributed by atoms with Gasteiger partial charge in [-0.25, -0.2) is 0 Å². The molecule has 16 aliphatic carbocycles. The van der Waals surface area contributed by atoms with Crippen LogP contribution in [0.1, 0.15) is 279 Å². The third kappa shape index (κ3) is 17.2. The number of hydrogen-bond donors (Lipinski definition) is 4. The lowest BCUT2D eigenvalue weighted by Gasteiger charge is -2.55. The first-order valence-electron chi connectivity index (χ1n) is 50.5. The van der Waals surface area contributed by atoms with Crippen LogP contribution >= 0.6 is 0 Å². The average molecular weight is 1820 g/mol. The van der Waals surface area contributed by atoms with Crippen molar-refractivity contribution in [2.24, 2.45) is 74.7 Å². The van der Waals surface area contributed by atoms with Gasteiger partial charge in [0, 0.05) is 166 Å². The first-order valence-corrected chi connectivity index (χ1v) is 50.5. The van der Waals surface area contributed by atoms with Crippen molar-refractivity contribution in [3.05, 3.63) is 216 Å². The molecule has 134 heavy (non-hydrogen) atoms. The molecule has 4 aromatic carbocycles. The van der Waals surface area contributed by atoms with Gasteiger partial charge in [-0.05, 0) is 354 Å². The fraction of sp³-hybridized carbons (Fsp3) is 0.578. The lowest BCUT2D eigenvalue weighted by molar-refractivity contribution is -0.174. The van der Waals surface area contributed by atoms with Crippen LogP contribution in [0.15, 0.2) is 193 Å². The molecular weight excluding hydrogens is 1670 g/mol. The van der Waals surface area contributed by atoms with Crippen molar-refractivity contribution in [3.8, 4) is 11.8 Å². The average Bonchev–Trinajstić information content (AvgIpc) is 1.43. The van der Waals surface area contributed by atoms with Crippen molar-refractivity contribution in [2.45, 2.75) is 273 Å². The number of aliphatic hydroxyl groups excluding tert-OH is 1. The molecule has 18 nitrogen and oxygen atoms in total. The van der Waals surface area contributed by atoms with E-state index in [9.17, 15) is 44.1 Å². The lowest BCUT2D eigenvalue weighted by atomic mass is 9.51. The highest BCUT2D eigenvalue weighted by Crippen LogP contribution is 2.72. The monoisotopic (exact) mass is 1820 g/mol. The van der Waals surface area contributed by atoms with E-state index in [-0.39, 0.29) is 99.5 Å². The Balaban J connectivity index is 0.000000124. The van der Waals surface area contributed by atoms with Crippen LogP contribution in [0.25, 0.3) is 0 Å². The van der Waals surface area contributed by atoms with Crippen LogP contribution in [-0.2, 0) is 47.7 Å². The lowest BCUT2D eigenvalue weighted by Crippen LogP contribution is -2.54. The normalized spacial score (nSPS) is 34.6. The van der Waals surface area contributed by atoms with E-state index in [0.717, 1.165) is 159 Å². The minimum Gasteiger partial charge on any atom is -0.451 e. The van der Waals surface area contributed by atoms with E-state index in [4.69, 9.17) is 24.2 Å². The molecule has 4 aromatic rings. The first-order chi connectivity index (χ1) is 64.2. The Hall–Kier alpha value is -9.19. The Bertz CT molecular complexity index is 5570. The Morgan fingerprint density at radius 3 is 1.28 bits per heavy atom. The summed E-state index contributed by atoms with van der Waals surface area (Å²) in [6.07, 6.45) is 35.4. The number of methoxy groups -OCH3 is 3. The van der Waals surface area contributed by atoms with Gasteiger partial charge in [-0.1, -0.05) is 115 Å². The summed E-state index contributed by atoms with van der Waals surface area (Å²) < 4.78 is 23.2. The minimum atomic E-state index is -1.12. The van der Waals surface area contributed by atoms with Crippen molar-refractivity contribution in [3.63, 3.8) is 0 Å². The molecule has 714 valence electrons. The van der Waals surface area contributed by atoms with Crippen LogP contribution < -0.4 is 14.7 Å². The summed E-state index contributed by atoms with van der Waals surface area (Å²) in [5.41, 5.74) is 23.2. The van der Waals surface area contributed by atoms with Crippen LogP contribution in [0.4, 0.5) is 17.1 Å². The molecule has 4 N–H and O–H groups in total. The minimum absolute atomic E-state index is 0.00802. The maximum absolute atomic E-state index is 13.5. The van der Waals surface area contributed by atoms with E-state index in [1.54, 1.807) is 23.8 Å². The molecule has 0 heterocycles. The van der Waals surface area contributed by atoms with Gasteiger partial charge in [-0.15, -0.1) is 5.92 Å². The van der Waals surface area contributed by atoms with Gasteiger partial charge in [0.15, 0.2) is 28.7 Å². The highest BCUT2D eigenvalue weighted by Gasteiger charge is 2.68. The van der Waals surface area contributed by atoms with E-state index in [1.807, 2.05) is 64.6 Å². The maximum Gasteiger partial charge on any atom is 0.303 e. The fourth-order valence-corrected chi connectivity index (χ4v) is 30.6. The second-order valence-electron chi connectivity index (χ2n) is 43.8. The number of allylic oxidation sites excluding steroid dienone is 16. The van der Waals surface area contributed by atoms with Gasteiger partial charge in [-0.3, -0.25) is 28.8 Å². The van der Waals surface area contributed by atoms with Crippen LogP contribution in [0.3, 0.4) is 0 Å². The van der Waals surface area contributed by atoms with Gasteiger partial charge in [0.2, 0.25) is 5.78 Å². The number of ketones is 5. The number of oxime groups is 1. The molecule has 0 aromatic heterocycles. The van der Waals surface area contributed by atoms with Crippen molar-refractivity contribution in [1.29, 1.82) is 0 Å². The number of hydrogen-bond acceptors (Lipinski definition) is 18. The zero-order valence-electron chi connectivity index (χ0n) is 82.1. The molecule has 8 saturated carbocycles. The van der Waals surface area contributed by atoms with Crippen LogP contribution in [-0.4, -0.2) is 167 Å². The standard InChI is InChI=1S/C30H37NO5.C29H39NO3.C29H35NO2.C28H35NO4/c1-18(32)36-30(28(34)17-35-4)14-13-24-25-11-7-20-15-22(33)10-12-23(20)29(25)26(16-27(24)30)19-5-8-21(9-6-19)31(2)3;1-28-18-25(19-5-8-21(9-6-19)30(2)3)27-23-12-10-22(32)17-20(23)7-11-24(27)26(28)13-15-29(28,33)14-4-16-31;1-5-15-29(32)16-14-26-24-12-8-20-17-22(31)11-13-23(20)27(24)25(18-28(26,29)2)19-6-9-21(10-7-19)30(3)4;1-27-15-24(19-6-4-18(5-7-19)16-29-31)26-22-11-9-21(30)14-20(22)8-10-23(26)25(27)12-13-28(27,33-3)17-32-2/h5-6,8-9,15,24-27H,7,10-14,16-17H2,1-4H3;5-6,8-9,17,24-26,31,33H,4,7,10-16,18H2,1-3H3;6-7,9-10,17,24-26,32H,8,11-14,16,18H2,1-4H3;4-7,14,16,23-25,31H,8-13,15,17H2,1-3H3/b;;;29-16+/t24?,25?,26-,27?,30-;24?,25-,26?,28-,29-;24?,25-,26?,28+,29+;23?,24-,25?,27+,28-/m1111/s1. The number of nitrogens with zero attached hydrogens (tertiary/aromatic N) is 4. The van der Waals surface area contributed by atoms with Gasteiger partial charge >= 0.3 is 5.97 Å². The second-order valence-corrected chi connectivity index (χ2v) is 43.8. The third-order valence-corrected chi connectivity index (χ3v) is 37.0. The number of carbonyl (C=O) groups is 6. The SMILES string of the molecule is CC#C[C@]1(O)CCC2C3CCC4=CC(=O)CCC4=C3[C@@H](c3ccc(N(C)C)cc3)C[C@@]21C.CN(C)c1ccc([C@H]2C[C@]3(C)C(CC[C@]3(O)CCCO)C3CCC4=CC(=O)CCC4=C32)cc1.COCC(=O)[C@@]1(OC(C)=O)CCC2C3CCC4=CC(=O)CCC4=C3[C@@H](c3ccc(N(C)C)cc3)CC21.COC[C@]1(OC)CCC2C3CCC4=CC(=O)CCC4=C3[C@@H](c3ccc(/C=N/O)cc3)C[C@@]21C. The number of aliphatic hydroxyl groups is 3. The molecule has 0 radical (unpaired) electrons. The van der Waals surface area contributed by atoms with E-state index in [2.05, 4.69) is 166 Å². The van der Waals surface area contributed by atoms with Gasteiger partial charge in [0.05, 0.1) is 24.0 Å². The summed E-state index contributed by atoms with van der Waals surface area (Å²) in [5, 5.41) is 45.3. The van der Waals surface area contributed by atoms with Crippen LogP contribution in [0.5, 0.6) is 0 Å². The second kappa shape index (κ2) is 38.6. The molecule has 18 heteroatoms. The van der Waals surface area contributed by atoms with Crippen molar-refractivity contribution in [2.75, 3.05) is 98.1 Å². The van der Waals surface area contributed by atoms with Gasteiger partial charge in [-0.2, -0.15) is 0 Å². The number of rotatable bonds is 18. The predicted octanol–water partition coefficient (Wildman–Crippen LogP) is 20.8. The molecule has 0 aliphatic heterocycles. The summed E-state index contributed by atoms with van der Waals surface area (Å²) in [6, 6.07) is 35.1. The Morgan fingerprint density at radius 2 is 0.866 bits per heavy atom. The summed E-state index contributed by atoms with van der Waals surface area (Å²) in [4.78, 5) is 80.9. The number of ether oxygens (including phenoxy) is 4. The quantitative estimate of drug-likeness (QED) is 0.0238. The maximum atomic E-state index is 13.5. The molecule has 20 atom stereocenters. The third-order valence-electron chi connectivity index (χ3n) is 37.0. The molecule has 16 aliphatic rings. The molecule has 0 bridgehead atoms. The molecular formula is C116H146N4O14. The summed E-state index contributed by atoms with van der Waals surface area (Å²) in [7, 11) is 17.5. The van der Waals surface area contributed by atoms with Crippen molar-refractivity contribution in [1.82, 2.24) is 0 Å². The molecule has 0 amide bonds.